The molecule has 174 valence electrons. The minimum Gasteiger partial charge on any atom is -0.493 e. The lowest BCUT2D eigenvalue weighted by molar-refractivity contribution is -0.117. The van der Waals surface area contributed by atoms with Gasteiger partial charge >= 0.3 is 0 Å². The number of carbonyl (C=O) groups is 1. The van der Waals surface area contributed by atoms with Crippen LogP contribution in [0, 0.1) is 11.6 Å². The number of hydrogen-bond acceptors (Lipinski definition) is 4. The summed E-state index contributed by atoms with van der Waals surface area (Å²) in [5.74, 6) is -0.419. The first-order chi connectivity index (χ1) is 16.4. The van der Waals surface area contributed by atoms with Gasteiger partial charge in [-0.3, -0.25) is 4.79 Å². The highest BCUT2D eigenvalue weighted by Gasteiger charge is 2.12. The first-order valence-corrected chi connectivity index (χ1v) is 10.5. The van der Waals surface area contributed by atoms with Crippen molar-refractivity contribution in [2.45, 2.75) is 13.0 Å². The first-order valence-electron chi connectivity index (χ1n) is 10.5. The van der Waals surface area contributed by atoms with E-state index in [4.69, 9.17) is 9.47 Å². The Morgan fingerprint density at radius 3 is 2.47 bits per heavy atom. The fourth-order valence-corrected chi connectivity index (χ4v) is 3.67. The van der Waals surface area contributed by atoms with Crippen molar-refractivity contribution in [2.24, 2.45) is 0 Å². The molecule has 8 heteroatoms. The summed E-state index contributed by atoms with van der Waals surface area (Å²) < 4.78 is 37.8. The summed E-state index contributed by atoms with van der Waals surface area (Å²) in [6.07, 6.45) is 6.34. The Balaban J connectivity index is 1.52. The minimum absolute atomic E-state index is 0.268. The number of benzene rings is 2. The van der Waals surface area contributed by atoms with Crippen molar-refractivity contribution in [3.63, 3.8) is 0 Å². The number of methoxy groups -OCH3 is 2. The van der Waals surface area contributed by atoms with Gasteiger partial charge in [0.15, 0.2) is 11.5 Å². The molecule has 0 radical (unpaired) electrons. The van der Waals surface area contributed by atoms with E-state index in [1.165, 1.54) is 24.4 Å². The Hall–Kier alpha value is -4.20. The Bertz CT molecular complexity index is 1360. The third-order valence-corrected chi connectivity index (χ3v) is 5.44. The predicted molar refractivity (Wildman–Crippen MR) is 127 cm³/mol. The van der Waals surface area contributed by atoms with E-state index < -0.39 is 11.6 Å². The van der Waals surface area contributed by atoms with E-state index in [1.807, 2.05) is 19.1 Å². The monoisotopic (exact) mass is 463 g/mol. The highest BCUT2D eigenvalue weighted by molar-refractivity contribution is 5.96. The molecule has 6 nitrogen and oxygen atoms in total. The number of H-pyrrole nitrogens is 1. The molecule has 2 heterocycles. The number of hydrogen-bond donors (Lipinski definition) is 2. The minimum atomic E-state index is -0.662. The summed E-state index contributed by atoms with van der Waals surface area (Å²) >= 11 is 0. The third kappa shape index (κ3) is 4.91. The molecule has 0 aliphatic rings. The van der Waals surface area contributed by atoms with Crippen LogP contribution in [0.5, 0.6) is 11.5 Å². The standard InChI is InChI=1S/C26H23F2N3O3/c1-15(16-4-6-23(33-2)24(11-16)34-3)31-25(32)7-5-17-13-29-26-22(17)10-19(14-30-26)18-8-20(27)12-21(28)9-18/h4-15H,1-3H3,(H,29,30)(H,31,32)/b7-5+/t15-/m1/s1. The van der Waals surface area contributed by atoms with Crippen molar-refractivity contribution < 1.29 is 23.0 Å². The van der Waals surface area contributed by atoms with Crippen LogP contribution in [0.25, 0.3) is 28.2 Å². The van der Waals surface area contributed by atoms with Crippen molar-refractivity contribution in [3.8, 4) is 22.6 Å². The molecule has 2 aromatic carbocycles. The average molecular weight is 463 g/mol. The Morgan fingerprint density at radius 1 is 1.03 bits per heavy atom. The maximum Gasteiger partial charge on any atom is 0.244 e. The SMILES string of the molecule is COc1ccc([C@@H](C)NC(=O)/C=C/c2c[nH]c3ncc(-c4cc(F)cc(F)c4)cc23)cc1OC. The number of pyridine rings is 1. The van der Waals surface area contributed by atoms with Crippen LogP contribution in [-0.2, 0) is 4.79 Å². The molecule has 0 aliphatic heterocycles. The van der Waals surface area contributed by atoms with E-state index in [0.29, 0.717) is 28.3 Å². The van der Waals surface area contributed by atoms with Crippen molar-refractivity contribution in [2.75, 3.05) is 14.2 Å². The number of carbonyl (C=O) groups excluding carboxylic acids is 1. The van der Waals surface area contributed by atoms with E-state index >= 15 is 0 Å². The van der Waals surface area contributed by atoms with Crippen LogP contribution in [0.2, 0.25) is 0 Å². The van der Waals surface area contributed by atoms with Gasteiger partial charge < -0.3 is 19.8 Å². The van der Waals surface area contributed by atoms with Gasteiger partial charge in [-0.1, -0.05) is 6.07 Å². The molecule has 34 heavy (non-hydrogen) atoms. The van der Waals surface area contributed by atoms with Crippen LogP contribution in [0.3, 0.4) is 0 Å². The summed E-state index contributed by atoms with van der Waals surface area (Å²) in [4.78, 5) is 19.9. The number of ether oxygens (including phenoxy) is 2. The van der Waals surface area contributed by atoms with Gasteiger partial charge in [0.2, 0.25) is 5.91 Å². The van der Waals surface area contributed by atoms with Crippen LogP contribution in [0.4, 0.5) is 8.78 Å². The number of rotatable bonds is 7. The molecular weight excluding hydrogens is 440 g/mol. The number of amides is 1. The third-order valence-electron chi connectivity index (χ3n) is 5.44. The summed E-state index contributed by atoms with van der Waals surface area (Å²) in [5.41, 5.74) is 3.12. The quantitative estimate of drug-likeness (QED) is 0.359. The summed E-state index contributed by atoms with van der Waals surface area (Å²) in [5, 5.41) is 3.64. The number of nitrogens with one attached hydrogen (secondary N) is 2. The van der Waals surface area contributed by atoms with Gasteiger partial charge in [-0.05, 0) is 54.5 Å². The maximum absolute atomic E-state index is 13.6. The Kier molecular flexibility index (Phi) is 6.58. The van der Waals surface area contributed by atoms with Crippen molar-refractivity contribution in [3.05, 3.63) is 83.7 Å². The van der Waals surface area contributed by atoms with Crippen molar-refractivity contribution in [1.82, 2.24) is 15.3 Å². The first kappa shape index (κ1) is 23.0. The number of fused-ring (bicyclic) bond motifs is 1. The molecule has 4 aromatic rings. The van der Waals surface area contributed by atoms with Gasteiger partial charge in [0.1, 0.15) is 17.3 Å². The molecule has 0 fully saturated rings. The fraction of sp³-hybridized carbons (Fsp3) is 0.154. The van der Waals surface area contributed by atoms with Crippen LogP contribution < -0.4 is 14.8 Å². The second-order valence-corrected chi connectivity index (χ2v) is 7.70. The summed E-state index contributed by atoms with van der Waals surface area (Å²) in [6, 6.07) is 10.3. The molecule has 0 unspecified atom stereocenters. The molecule has 0 saturated heterocycles. The Morgan fingerprint density at radius 2 is 1.76 bits per heavy atom. The fourth-order valence-electron chi connectivity index (χ4n) is 3.67. The smallest absolute Gasteiger partial charge is 0.244 e. The van der Waals surface area contributed by atoms with E-state index in [1.54, 1.807) is 38.6 Å². The zero-order valence-electron chi connectivity index (χ0n) is 18.9. The number of halogens is 2. The molecule has 0 saturated carbocycles. The van der Waals surface area contributed by atoms with Crippen LogP contribution in [-0.4, -0.2) is 30.1 Å². The zero-order chi connectivity index (χ0) is 24.2. The molecule has 4 rings (SSSR count). The van der Waals surface area contributed by atoms with Crippen LogP contribution >= 0.6 is 0 Å². The molecule has 1 amide bonds. The topological polar surface area (TPSA) is 76.2 Å². The largest absolute Gasteiger partial charge is 0.493 e. The molecule has 0 bridgehead atoms. The maximum atomic E-state index is 13.6. The van der Waals surface area contributed by atoms with Gasteiger partial charge in [-0.15, -0.1) is 0 Å². The van der Waals surface area contributed by atoms with E-state index in [2.05, 4.69) is 15.3 Å². The van der Waals surface area contributed by atoms with Crippen molar-refractivity contribution in [1.29, 1.82) is 0 Å². The summed E-state index contributed by atoms with van der Waals surface area (Å²) in [6.45, 7) is 1.87. The highest BCUT2D eigenvalue weighted by atomic mass is 19.1. The zero-order valence-corrected chi connectivity index (χ0v) is 18.9. The molecule has 0 aliphatic carbocycles. The van der Waals surface area contributed by atoms with Gasteiger partial charge in [0.25, 0.3) is 0 Å². The van der Waals surface area contributed by atoms with Gasteiger partial charge in [-0.25, -0.2) is 13.8 Å². The van der Waals surface area contributed by atoms with Crippen LogP contribution in [0.1, 0.15) is 24.1 Å². The van der Waals surface area contributed by atoms with Gasteiger partial charge in [-0.2, -0.15) is 0 Å². The molecule has 2 N–H and O–H groups in total. The number of nitrogens with zero attached hydrogens (tertiary/aromatic N) is 1. The molecule has 1 atom stereocenters. The highest BCUT2D eigenvalue weighted by Crippen LogP contribution is 2.30. The second-order valence-electron chi connectivity index (χ2n) is 7.70. The second kappa shape index (κ2) is 9.74. The Labute approximate surface area is 195 Å². The lowest BCUT2D eigenvalue weighted by Gasteiger charge is -2.15. The molecular formula is C26H23F2N3O3. The molecule has 2 aromatic heterocycles. The van der Waals surface area contributed by atoms with Gasteiger partial charge in [0.05, 0.1) is 20.3 Å². The van der Waals surface area contributed by atoms with E-state index in [0.717, 1.165) is 22.6 Å². The number of aromatic amines is 1. The predicted octanol–water partition coefficient (Wildman–Crippen LogP) is 5.42. The average Bonchev–Trinajstić information content (AvgIpc) is 3.23. The van der Waals surface area contributed by atoms with E-state index in [9.17, 15) is 13.6 Å². The lowest BCUT2D eigenvalue weighted by atomic mass is 10.0. The summed E-state index contributed by atoms with van der Waals surface area (Å²) in [7, 11) is 3.12. The van der Waals surface area contributed by atoms with E-state index in [-0.39, 0.29) is 11.9 Å². The van der Waals surface area contributed by atoms with Crippen LogP contribution in [0.15, 0.2) is 60.9 Å². The lowest BCUT2D eigenvalue weighted by Crippen LogP contribution is -2.24. The molecule has 0 spiro atoms. The van der Waals surface area contributed by atoms with Gasteiger partial charge in [0, 0.05) is 41.0 Å². The normalized spacial score (nSPS) is 12.1. The van der Waals surface area contributed by atoms with Crippen molar-refractivity contribution >= 4 is 23.0 Å². The number of aromatic nitrogens is 2.